The number of nitrogens with zero attached hydrogens (tertiary/aromatic N) is 1. The van der Waals surface area contributed by atoms with Crippen LogP contribution in [-0.4, -0.2) is 19.6 Å². The maximum absolute atomic E-state index is 14.3. The molecule has 1 aliphatic heterocycles. The summed E-state index contributed by atoms with van der Waals surface area (Å²) in [5.41, 5.74) is 1.87. The van der Waals surface area contributed by atoms with E-state index < -0.39 is 0 Å². The first-order chi connectivity index (χ1) is 9.04. The van der Waals surface area contributed by atoms with Gasteiger partial charge in [0, 0.05) is 19.1 Å². The zero-order chi connectivity index (χ0) is 14.0. The zero-order valence-electron chi connectivity index (χ0n) is 12.4. The number of hydrogen-bond acceptors (Lipinski definition) is 2. The van der Waals surface area contributed by atoms with Gasteiger partial charge in [0.1, 0.15) is 5.82 Å². The molecule has 3 heteroatoms. The lowest BCUT2D eigenvalue weighted by Gasteiger charge is -2.25. The number of benzene rings is 1. The Kier molecular flexibility index (Phi) is 4.46. The molecule has 0 radical (unpaired) electrons. The first-order valence-corrected chi connectivity index (χ1v) is 7.31. The van der Waals surface area contributed by atoms with E-state index in [1.54, 1.807) is 6.07 Å². The first kappa shape index (κ1) is 14.3. The summed E-state index contributed by atoms with van der Waals surface area (Å²) in [6, 6.07) is 5.61. The second-order valence-electron chi connectivity index (χ2n) is 5.82. The molecule has 19 heavy (non-hydrogen) atoms. The Bertz CT molecular complexity index is 423. The maximum atomic E-state index is 14.3. The minimum atomic E-state index is -0.0939. The van der Waals surface area contributed by atoms with Crippen molar-refractivity contribution in [1.29, 1.82) is 0 Å². The maximum Gasteiger partial charge on any atom is 0.146 e. The van der Waals surface area contributed by atoms with E-state index in [1.165, 1.54) is 0 Å². The molecule has 0 spiro atoms. The van der Waals surface area contributed by atoms with Gasteiger partial charge in [-0.2, -0.15) is 0 Å². The fraction of sp³-hybridized carbons (Fsp3) is 0.625. The van der Waals surface area contributed by atoms with E-state index >= 15 is 0 Å². The molecule has 1 N–H and O–H groups in total. The summed E-state index contributed by atoms with van der Waals surface area (Å²) in [7, 11) is 0. The zero-order valence-corrected chi connectivity index (χ0v) is 12.4. The average molecular weight is 264 g/mol. The molecule has 3 atom stereocenters. The molecule has 1 aliphatic rings. The van der Waals surface area contributed by atoms with E-state index in [-0.39, 0.29) is 11.9 Å². The smallest absolute Gasteiger partial charge is 0.146 e. The molecule has 1 aromatic carbocycles. The van der Waals surface area contributed by atoms with Crippen molar-refractivity contribution in [1.82, 2.24) is 5.32 Å². The predicted molar refractivity (Wildman–Crippen MR) is 79.0 cm³/mol. The fourth-order valence-corrected chi connectivity index (χ4v) is 2.94. The van der Waals surface area contributed by atoms with Crippen molar-refractivity contribution in [2.75, 3.05) is 24.5 Å². The van der Waals surface area contributed by atoms with Crippen molar-refractivity contribution in [3.63, 3.8) is 0 Å². The van der Waals surface area contributed by atoms with Crippen molar-refractivity contribution in [2.45, 2.75) is 33.7 Å². The van der Waals surface area contributed by atoms with Gasteiger partial charge in [0.25, 0.3) is 0 Å². The van der Waals surface area contributed by atoms with Gasteiger partial charge in [-0.05, 0) is 36.9 Å². The molecule has 2 rings (SSSR count). The van der Waals surface area contributed by atoms with Gasteiger partial charge in [-0.1, -0.05) is 32.9 Å². The second kappa shape index (κ2) is 5.91. The minimum Gasteiger partial charge on any atom is -0.368 e. The third-order valence-corrected chi connectivity index (χ3v) is 4.30. The van der Waals surface area contributed by atoms with Gasteiger partial charge in [0.15, 0.2) is 0 Å². The van der Waals surface area contributed by atoms with Crippen LogP contribution in [0.1, 0.15) is 39.3 Å². The van der Waals surface area contributed by atoms with E-state index in [0.29, 0.717) is 11.8 Å². The van der Waals surface area contributed by atoms with E-state index in [2.05, 4.69) is 37.9 Å². The SMILES string of the molecule is CCNC(C)c1cccc(F)c1N1CC(C)C(C)C1. The van der Waals surface area contributed by atoms with E-state index in [1.807, 2.05) is 12.1 Å². The van der Waals surface area contributed by atoms with Gasteiger partial charge in [0.2, 0.25) is 0 Å². The van der Waals surface area contributed by atoms with Crippen molar-refractivity contribution >= 4 is 5.69 Å². The van der Waals surface area contributed by atoms with E-state index in [4.69, 9.17) is 0 Å². The molecule has 1 saturated heterocycles. The van der Waals surface area contributed by atoms with Crippen LogP contribution in [0.15, 0.2) is 18.2 Å². The number of para-hydroxylation sites is 1. The van der Waals surface area contributed by atoms with Gasteiger partial charge in [-0.25, -0.2) is 4.39 Å². The Hall–Kier alpha value is -1.09. The highest BCUT2D eigenvalue weighted by Gasteiger charge is 2.29. The molecule has 2 nitrogen and oxygen atoms in total. The molecule has 0 aromatic heterocycles. The fourth-order valence-electron chi connectivity index (χ4n) is 2.94. The summed E-state index contributed by atoms with van der Waals surface area (Å²) in [6.07, 6.45) is 0. The molecule has 106 valence electrons. The van der Waals surface area contributed by atoms with Crippen molar-refractivity contribution in [3.8, 4) is 0 Å². The van der Waals surface area contributed by atoms with Crippen molar-refractivity contribution in [3.05, 3.63) is 29.6 Å². The average Bonchev–Trinajstić information content (AvgIpc) is 2.69. The second-order valence-corrected chi connectivity index (χ2v) is 5.82. The lowest BCUT2D eigenvalue weighted by atomic mass is 10.0. The van der Waals surface area contributed by atoms with Crippen LogP contribution in [0.3, 0.4) is 0 Å². The summed E-state index contributed by atoms with van der Waals surface area (Å²) in [4.78, 5) is 2.22. The molecule has 0 aliphatic carbocycles. The normalized spacial score (nSPS) is 24.8. The summed E-state index contributed by atoms with van der Waals surface area (Å²) in [5.74, 6) is 1.16. The van der Waals surface area contributed by atoms with Gasteiger partial charge >= 0.3 is 0 Å². The third kappa shape index (κ3) is 2.92. The number of nitrogens with one attached hydrogen (secondary N) is 1. The molecule has 0 saturated carbocycles. The third-order valence-electron chi connectivity index (χ3n) is 4.30. The Morgan fingerprint density at radius 1 is 1.32 bits per heavy atom. The highest BCUT2D eigenvalue weighted by molar-refractivity contribution is 5.57. The topological polar surface area (TPSA) is 15.3 Å². The number of rotatable bonds is 4. The number of anilines is 1. The Labute approximate surface area is 116 Å². The lowest BCUT2D eigenvalue weighted by Crippen LogP contribution is -2.26. The molecule has 1 fully saturated rings. The van der Waals surface area contributed by atoms with Crippen LogP contribution in [0.5, 0.6) is 0 Å². The molecule has 0 amide bonds. The molecular formula is C16H25FN2. The van der Waals surface area contributed by atoms with Crippen molar-refractivity contribution in [2.24, 2.45) is 11.8 Å². The summed E-state index contributed by atoms with van der Waals surface area (Å²) in [6.45, 7) is 11.5. The highest BCUT2D eigenvalue weighted by Crippen LogP contribution is 2.34. The number of halogens is 1. The summed E-state index contributed by atoms with van der Waals surface area (Å²) < 4.78 is 14.3. The minimum absolute atomic E-state index is 0.0939. The monoisotopic (exact) mass is 264 g/mol. The number of hydrogen-bond donors (Lipinski definition) is 1. The van der Waals surface area contributed by atoms with Gasteiger partial charge in [-0.3, -0.25) is 0 Å². The standard InChI is InChI=1S/C16H25FN2/c1-5-18-13(4)14-7-6-8-15(17)16(14)19-9-11(2)12(3)10-19/h6-8,11-13,18H,5,9-10H2,1-4H3. The first-order valence-electron chi connectivity index (χ1n) is 7.31. The van der Waals surface area contributed by atoms with Crippen LogP contribution >= 0.6 is 0 Å². The van der Waals surface area contributed by atoms with E-state index in [9.17, 15) is 4.39 Å². The Morgan fingerprint density at radius 2 is 1.95 bits per heavy atom. The lowest BCUT2D eigenvalue weighted by molar-refractivity contribution is 0.494. The van der Waals surface area contributed by atoms with Gasteiger partial charge < -0.3 is 10.2 Å². The summed E-state index contributed by atoms with van der Waals surface area (Å²) >= 11 is 0. The molecular weight excluding hydrogens is 239 g/mol. The Morgan fingerprint density at radius 3 is 2.53 bits per heavy atom. The van der Waals surface area contributed by atoms with Crippen molar-refractivity contribution < 1.29 is 4.39 Å². The molecule has 1 aromatic rings. The largest absolute Gasteiger partial charge is 0.368 e. The highest BCUT2D eigenvalue weighted by atomic mass is 19.1. The van der Waals surface area contributed by atoms with Gasteiger partial charge in [-0.15, -0.1) is 0 Å². The predicted octanol–water partition coefficient (Wildman–Crippen LogP) is 3.59. The van der Waals surface area contributed by atoms with E-state index in [0.717, 1.165) is 30.9 Å². The Balaban J connectivity index is 2.33. The van der Waals surface area contributed by atoms with Crippen LogP contribution in [0.4, 0.5) is 10.1 Å². The quantitative estimate of drug-likeness (QED) is 0.894. The van der Waals surface area contributed by atoms with Crippen LogP contribution < -0.4 is 10.2 Å². The van der Waals surface area contributed by atoms with Crippen LogP contribution in [0.2, 0.25) is 0 Å². The molecule has 3 unspecified atom stereocenters. The van der Waals surface area contributed by atoms with Gasteiger partial charge in [0.05, 0.1) is 5.69 Å². The molecule has 1 heterocycles. The molecule has 0 bridgehead atoms. The summed E-state index contributed by atoms with van der Waals surface area (Å²) in [5, 5.41) is 3.38. The van der Waals surface area contributed by atoms with Crippen LogP contribution in [-0.2, 0) is 0 Å². The van der Waals surface area contributed by atoms with Crippen LogP contribution in [0, 0.1) is 17.7 Å². The van der Waals surface area contributed by atoms with Crippen LogP contribution in [0.25, 0.3) is 0 Å².